The number of fused-ring (bicyclic) bond motifs is 2. The summed E-state index contributed by atoms with van der Waals surface area (Å²) >= 11 is 31.5. The van der Waals surface area contributed by atoms with Crippen molar-refractivity contribution in [3.8, 4) is 12.1 Å². The molecule has 4 rings (SSSR count). The second-order valence-electron chi connectivity index (χ2n) is 6.83. The van der Waals surface area contributed by atoms with E-state index in [1.165, 1.54) is 24.5 Å². The van der Waals surface area contributed by atoms with Gasteiger partial charge in [-0.3, -0.25) is 34.6 Å². The summed E-state index contributed by atoms with van der Waals surface area (Å²) in [5.74, 6) is 0. The second-order valence-corrected chi connectivity index (χ2v) is 14.7. The fraction of sp³-hybridized carbons (Fsp3) is 0. The lowest BCUT2D eigenvalue weighted by molar-refractivity contribution is -0.384. The molecule has 0 amide bonds. The van der Waals surface area contributed by atoms with Gasteiger partial charge in [0.1, 0.15) is 17.7 Å². The lowest BCUT2D eigenvalue weighted by Crippen LogP contribution is -2.07. The van der Waals surface area contributed by atoms with Crippen LogP contribution in [0.15, 0.2) is 41.5 Å². The highest BCUT2D eigenvalue weighted by Crippen LogP contribution is 2.61. The van der Waals surface area contributed by atoms with Gasteiger partial charge in [-0.05, 0) is 33.7 Å². The molecule has 1 N–H and O–H groups in total. The predicted octanol–water partition coefficient (Wildman–Crippen LogP) is 8.09. The van der Waals surface area contributed by atoms with Gasteiger partial charge in [0.2, 0.25) is 5.43 Å². The number of nitrogens with one attached hydrogen (secondary N) is 1. The molecule has 2 aromatic carbocycles. The first kappa shape index (κ1) is 32.0. The van der Waals surface area contributed by atoms with Gasteiger partial charge < -0.3 is 4.98 Å². The lowest BCUT2D eigenvalue weighted by Gasteiger charge is -2.03. The van der Waals surface area contributed by atoms with Crippen LogP contribution in [0.25, 0.3) is 21.8 Å². The third-order valence-electron chi connectivity index (χ3n) is 4.43. The average Bonchev–Trinajstić information content (AvgIpc) is 2.84. The number of aromatic nitrogens is 2. The van der Waals surface area contributed by atoms with E-state index in [0.29, 0.717) is 10.9 Å². The summed E-state index contributed by atoms with van der Waals surface area (Å²) in [6.45, 7) is 0. The van der Waals surface area contributed by atoms with Gasteiger partial charge in [-0.15, -0.1) is 0 Å². The summed E-state index contributed by atoms with van der Waals surface area (Å²) in [5, 5.41) is 36.2. The highest BCUT2D eigenvalue weighted by Gasteiger charge is 2.16. The van der Waals surface area contributed by atoms with Crippen LogP contribution < -0.4 is 5.43 Å². The molecule has 19 heteroatoms. The molecule has 0 saturated heterocycles. The Morgan fingerprint density at radius 1 is 0.872 bits per heavy atom. The van der Waals surface area contributed by atoms with Gasteiger partial charge in [-0.2, -0.15) is 10.5 Å². The van der Waals surface area contributed by atoms with E-state index < -0.39 is 20.5 Å². The monoisotopic (exact) mass is 668 g/mol. The zero-order chi connectivity index (χ0) is 29.7. The van der Waals surface area contributed by atoms with Crippen molar-refractivity contribution in [2.75, 3.05) is 0 Å². The third-order valence-corrected chi connectivity index (χ3v) is 5.42. The molecule has 4 aromatic rings. The molecule has 2 aromatic heterocycles. The van der Waals surface area contributed by atoms with Crippen LogP contribution in [0.4, 0.5) is 11.4 Å². The van der Waals surface area contributed by atoms with E-state index in [4.69, 9.17) is 45.3 Å². The van der Waals surface area contributed by atoms with Gasteiger partial charge >= 0.3 is 5.20 Å². The van der Waals surface area contributed by atoms with Crippen LogP contribution in [0.2, 0.25) is 15.1 Å². The fourth-order valence-corrected chi connectivity index (χ4v) is 3.62. The van der Waals surface area contributed by atoms with Crippen LogP contribution in [0.1, 0.15) is 11.1 Å². The predicted molar refractivity (Wildman–Crippen MR) is 149 cm³/mol. The van der Waals surface area contributed by atoms with E-state index in [2.05, 4.69) is 43.7 Å². The number of nitro groups is 2. The van der Waals surface area contributed by atoms with Gasteiger partial charge in [0.25, 0.3) is 11.4 Å². The quantitative estimate of drug-likeness (QED) is 0.124. The number of nitro benzene ring substituents is 2. The SMILES string of the molecule is N#Cc1c[nH]c2c(Cl)cc([N+](=O)[O-])cc2c1=O.N#Cc1cnc2c(Cl)cc([N+](=O)[O-])cc2c1Cl.O=P(Cl)(Cl)Cl. The molecule has 200 valence electrons. The van der Waals surface area contributed by atoms with E-state index in [1.54, 1.807) is 6.07 Å². The molecule has 0 bridgehead atoms. The van der Waals surface area contributed by atoms with E-state index in [-0.39, 0.29) is 48.5 Å². The minimum Gasteiger partial charge on any atom is -0.358 e. The second kappa shape index (κ2) is 13.2. The fourth-order valence-electron chi connectivity index (χ4n) is 2.86. The molecule has 2 heterocycles. The van der Waals surface area contributed by atoms with Crippen LogP contribution in [-0.4, -0.2) is 19.8 Å². The third kappa shape index (κ3) is 8.40. The molecule has 0 radical (unpaired) electrons. The Morgan fingerprint density at radius 3 is 1.85 bits per heavy atom. The zero-order valence-electron chi connectivity index (χ0n) is 18.4. The lowest BCUT2D eigenvalue weighted by atomic mass is 10.1. The molecule has 12 nitrogen and oxygen atoms in total. The van der Waals surface area contributed by atoms with Crippen molar-refractivity contribution < 1.29 is 14.4 Å². The van der Waals surface area contributed by atoms with Crippen LogP contribution in [0.5, 0.6) is 0 Å². The molecule has 0 saturated carbocycles. The number of nitrogens with zero attached hydrogens (tertiary/aromatic N) is 5. The van der Waals surface area contributed by atoms with Gasteiger partial charge in [0.05, 0.1) is 46.9 Å². The number of aromatic amines is 1. The Morgan fingerprint density at radius 2 is 1.36 bits per heavy atom. The Hall–Kier alpha value is -3.19. The summed E-state index contributed by atoms with van der Waals surface area (Å²) < 4.78 is 9.51. The number of non-ortho nitro benzene ring substituents is 2. The maximum Gasteiger partial charge on any atom is 0.339 e. The Bertz CT molecular complexity index is 1820. The molecule has 0 atom stereocenters. The van der Waals surface area contributed by atoms with E-state index in [0.717, 1.165) is 12.1 Å². The van der Waals surface area contributed by atoms with E-state index in [1.807, 2.05) is 6.07 Å². The molecule has 0 aliphatic carbocycles. The summed E-state index contributed by atoms with van der Waals surface area (Å²) in [7, 11) is 0. The smallest absolute Gasteiger partial charge is 0.339 e. The Kier molecular flexibility index (Phi) is 10.9. The summed E-state index contributed by atoms with van der Waals surface area (Å²) in [6.07, 6.45) is 2.50. The largest absolute Gasteiger partial charge is 0.358 e. The minimum absolute atomic E-state index is 0.0308. The molecule has 0 aliphatic rings. The Balaban J connectivity index is 0.000000234. The maximum atomic E-state index is 11.8. The highest BCUT2D eigenvalue weighted by atomic mass is 36.0. The number of benzene rings is 2. The van der Waals surface area contributed by atoms with Crippen molar-refractivity contribution in [1.82, 2.24) is 9.97 Å². The molecular weight excluding hydrogens is 664 g/mol. The number of H-pyrrole nitrogens is 1. The number of rotatable bonds is 2. The molecule has 0 fully saturated rings. The molecule has 0 spiro atoms. The molecule has 39 heavy (non-hydrogen) atoms. The minimum atomic E-state index is -3.22. The maximum absolute atomic E-state index is 11.8. The molecular formula is C20H7Cl6N6O6P. The number of pyridine rings is 2. The first-order valence-corrected chi connectivity index (χ1v) is 15.0. The van der Waals surface area contributed by atoms with Gasteiger partial charge in [-0.1, -0.05) is 34.8 Å². The van der Waals surface area contributed by atoms with Crippen LogP contribution >= 0.6 is 73.7 Å². The summed E-state index contributed by atoms with van der Waals surface area (Å²) in [5.41, 5.74) is -0.413. The summed E-state index contributed by atoms with van der Waals surface area (Å²) in [6, 6.07) is 8.23. The van der Waals surface area contributed by atoms with E-state index >= 15 is 0 Å². The molecule has 0 aliphatic heterocycles. The van der Waals surface area contributed by atoms with Crippen LogP contribution in [0.3, 0.4) is 0 Å². The first-order valence-electron chi connectivity index (χ1n) is 9.49. The highest BCUT2D eigenvalue weighted by molar-refractivity contribution is 8.24. The number of hydrogen-bond donors (Lipinski definition) is 1. The number of hydrogen-bond acceptors (Lipinski definition) is 9. The Labute approximate surface area is 246 Å². The van der Waals surface area contributed by atoms with Gasteiger partial charge in [0, 0.05) is 42.0 Å². The average molecular weight is 671 g/mol. The van der Waals surface area contributed by atoms with Crippen molar-refractivity contribution >= 4 is 107 Å². The number of halogens is 6. The van der Waals surface area contributed by atoms with Crippen molar-refractivity contribution in [2.24, 2.45) is 0 Å². The zero-order valence-corrected chi connectivity index (χ0v) is 23.8. The van der Waals surface area contributed by atoms with Crippen molar-refractivity contribution in [1.29, 1.82) is 10.5 Å². The van der Waals surface area contributed by atoms with Crippen molar-refractivity contribution in [3.63, 3.8) is 0 Å². The van der Waals surface area contributed by atoms with Crippen LogP contribution in [-0.2, 0) is 4.57 Å². The van der Waals surface area contributed by atoms with E-state index in [9.17, 15) is 29.6 Å². The van der Waals surface area contributed by atoms with Crippen molar-refractivity contribution in [3.05, 3.63) is 93.3 Å². The molecule has 0 unspecified atom stereocenters. The normalized spacial score (nSPS) is 10.4. The topological polar surface area (TPSA) is 197 Å². The van der Waals surface area contributed by atoms with Crippen molar-refractivity contribution in [2.45, 2.75) is 0 Å². The first-order chi connectivity index (χ1) is 18.1. The standard InChI is InChI=1S/C10H3Cl2N3O2.C10H4ClN3O3.Cl3OP/c11-8-2-6(15(16)17)1-7-9(12)5(3-13)4-14-10(7)8;11-8-2-6(14(16)17)1-7-9(8)13-4-5(3-12)10(7)15;1-5(2,3)4/h1-2,4H;1-2,4H,(H,13,15);. The van der Waals surface area contributed by atoms with Gasteiger partial charge in [0.15, 0.2) is 0 Å². The summed E-state index contributed by atoms with van der Waals surface area (Å²) in [4.78, 5) is 38.5. The van der Waals surface area contributed by atoms with Crippen LogP contribution in [0, 0.1) is 42.9 Å². The number of nitriles is 2. The van der Waals surface area contributed by atoms with Gasteiger partial charge in [-0.25, -0.2) is 0 Å².